The van der Waals surface area contributed by atoms with E-state index in [1.165, 1.54) is 0 Å². The molecular weight excluding hydrogens is 1170 g/mol. The fraction of sp³-hybridized carbons (Fsp3) is 0.333. The van der Waals surface area contributed by atoms with Gasteiger partial charge in [0.05, 0.1) is 0 Å². The van der Waals surface area contributed by atoms with Gasteiger partial charge in [-0.15, -0.1) is 0 Å². The van der Waals surface area contributed by atoms with Gasteiger partial charge in [0, 0.05) is 0 Å². The van der Waals surface area contributed by atoms with Crippen LogP contribution in [0.2, 0.25) is 0 Å². The summed E-state index contributed by atoms with van der Waals surface area (Å²) in [6.07, 6.45) is 4.07. The predicted octanol–water partition coefficient (Wildman–Crippen LogP) is 8.24. The SMILES string of the molecule is [Ni+2].[Ni+2].[Ni+2].[Ni+2].[Ni+2].[Ni+2].[S-]CCC[S-].[S-]CCC[S-].[S-]CCC[S-].[S-]CCC[S-].[S-]c1ccccc1.[S-]c1ccccc1.[S-]c1ccccc1.[S-]c1ccccc1. The van der Waals surface area contributed by atoms with Gasteiger partial charge in [-0.2, -0.15) is 65.6 Å². The van der Waals surface area contributed by atoms with Gasteiger partial charge in [0.25, 0.3) is 0 Å². The molecule has 0 nitrogen and oxygen atoms in total. The van der Waals surface area contributed by atoms with Gasteiger partial charge in [-0.25, -0.2) is 0 Å². The maximum Gasteiger partial charge on any atom is 2.00 e. The molecule has 0 heterocycles. The Labute approximate surface area is 456 Å². The van der Waals surface area contributed by atoms with Gasteiger partial charge in [-0.3, -0.25) is 0 Å². The molecule has 0 fully saturated rings. The monoisotopic (exact) mass is 1210 g/mol. The molecular formula is C36H44Ni6S12. The molecule has 0 aromatic heterocycles. The molecule has 0 saturated carbocycles. The summed E-state index contributed by atoms with van der Waals surface area (Å²) in [7, 11) is 0. The van der Waals surface area contributed by atoms with Crippen LogP contribution >= 0.6 is 0 Å². The number of rotatable bonds is 8. The quantitative estimate of drug-likeness (QED) is 0.123. The molecule has 0 radical (unpaired) electrons. The third-order valence-corrected chi connectivity index (χ3v) is 7.53. The van der Waals surface area contributed by atoms with Crippen LogP contribution in [0.4, 0.5) is 0 Å². The van der Waals surface area contributed by atoms with Crippen molar-refractivity contribution in [3.8, 4) is 0 Å². The van der Waals surface area contributed by atoms with Crippen LogP contribution < -0.4 is 0 Å². The summed E-state index contributed by atoms with van der Waals surface area (Å²) in [5, 5.41) is 0. The minimum Gasteiger partial charge on any atom is -0.793 e. The first-order valence-corrected chi connectivity index (χ1v) is 21.0. The number of hydrogen-bond donors (Lipinski definition) is 0. The summed E-state index contributed by atoms with van der Waals surface area (Å²) < 4.78 is 0. The molecule has 0 atom stereocenters. The Kier molecular flexibility index (Phi) is 116. The predicted molar refractivity (Wildman–Crippen MR) is 245 cm³/mol. The fourth-order valence-electron chi connectivity index (χ4n) is 1.92. The van der Waals surface area contributed by atoms with Crippen molar-refractivity contribution in [2.45, 2.75) is 45.3 Å². The molecule has 0 amide bonds. The normalized spacial score (nSPS) is 7.56. The van der Waals surface area contributed by atoms with Crippen LogP contribution in [0, 0.1) is 0 Å². The molecule has 4 aromatic carbocycles. The van der Waals surface area contributed by atoms with Crippen molar-refractivity contribution in [2.75, 3.05) is 46.0 Å². The third kappa shape index (κ3) is 87.1. The molecule has 0 aliphatic carbocycles. The average molecular weight is 1210 g/mol. The zero-order valence-electron chi connectivity index (χ0n) is 28.8. The van der Waals surface area contributed by atoms with Gasteiger partial charge >= 0.3 is 98.9 Å². The molecule has 320 valence electrons. The van der Waals surface area contributed by atoms with E-state index in [0.29, 0.717) is 0 Å². The Balaban J connectivity index is -0.0000000507. The van der Waals surface area contributed by atoms with Gasteiger partial charge in [0.2, 0.25) is 0 Å². The first-order valence-electron chi connectivity index (χ1n) is 14.8. The second-order valence-corrected chi connectivity index (χ2v) is 13.5. The largest absolute Gasteiger partial charge is 2.00 e. The number of benzene rings is 4. The van der Waals surface area contributed by atoms with Crippen LogP contribution in [0.25, 0.3) is 0 Å². The van der Waals surface area contributed by atoms with Gasteiger partial charge in [-0.05, 0) is 0 Å². The molecule has 54 heavy (non-hydrogen) atoms. The van der Waals surface area contributed by atoms with Crippen LogP contribution in [0.1, 0.15) is 25.7 Å². The first kappa shape index (κ1) is 81.4. The molecule has 0 unspecified atom stereocenters. The van der Waals surface area contributed by atoms with E-state index in [-0.39, 0.29) is 98.9 Å². The minimum absolute atomic E-state index is 0. The molecule has 0 aliphatic heterocycles. The van der Waals surface area contributed by atoms with Crippen LogP contribution in [0.15, 0.2) is 141 Å². The molecule has 0 N–H and O–H groups in total. The molecule has 4 aromatic rings. The van der Waals surface area contributed by atoms with Crippen molar-refractivity contribution in [3.63, 3.8) is 0 Å². The zero-order chi connectivity index (χ0) is 36.9. The smallest absolute Gasteiger partial charge is 0.793 e. The standard InChI is InChI=1S/4C6H6S.4C3H8S2.6Ni/c4*7-6-4-2-1-3-5-6;4*4-2-1-3-5;;;;;;/h4*1-5,7H;4*4-5H,1-3H2;;;;;;/q;;;;;;;;6*+2/p-12. The summed E-state index contributed by atoms with van der Waals surface area (Å²) >= 11 is 55.9. The molecule has 18 heteroatoms. The van der Waals surface area contributed by atoms with E-state index in [1.54, 1.807) is 0 Å². The Bertz CT molecular complexity index is 891. The summed E-state index contributed by atoms with van der Waals surface area (Å²) in [5.41, 5.74) is 0. The van der Waals surface area contributed by atoms with E-state index in [1.807, 2.05) is 121 Å². The molecule has 0 spiro atoms. The Morgan fingerprint density at radius 1 is 0.222 bits per heavy atom. The molecule has 0 bridgehead atoms. The van der Waals surface area contributed by atoms with Gasteiger partial charge < -0.3 is 152 Å². The molecule has 4 rings (SSSR count). The number of hydrogen-bond acceptors (Lipinski definition) is 12. The maximum absolute atomic E-state index is 4.81. The summed E-state index contributed by atoms with van der Waals surface area (Å²) in [6, 6.07) is 38.5. The maximum atomic E-state index is 4.81. The van der Waals surface area contributed by atoms with E-state index in [9.17, 15) is 0 Å². The minimum atomic E-state index is 0. The van der Waals surface area contributed by atoms with Crippen molar-refractivity contribution in [1.82, 2.24) is 0 Å². The van der Waals surface area contributed by atoms with Crippen LogP contribution in [0.3, 0.4) is 0 Å². The first-order chi connectivity index (χ1) is 23.2. The third-order valence-electron chi connectivity index (χ3n) is 4.13. The fourth-order valence-corrected chi connectivity index (χ4v) is 4.43. The van der Waals surface area contributed by atoms with Gasteiger partial charge in [0.15, 0.2) is 0 Å². The van der Waals surface area contributed by atoms with E-state index < -0.39 is 0 Å². The van der Waals surface area contributed by atoms with E-state index in [2.05, 4.69) is 101 Å². The van der Waals surface area contributed by atoms with Gasteiger partial charge in [-0.1, -0.05) is 147 Å². The van der Waals surface area contributed by atoms with Crippen LogP contribution in [0.5, 0.6) is 0 Å². The van der Waals surface area contributed by atoms with Crippen LogP contribution in [-0.4, -0.2) is 46.0 Å². The van der Waals surface area contributed by atoms with Crippen molar-refractivity contribution < 1.29 is 98.9 Å². The van der Waals surface area contributed by atoms with Crippen molar-refractivity contribution in [3.05, 3.63) is 121 Å². The van der Waals surface area contributed by atoms with Crippen LogP contribution in [-0.2, 0) is 250 Å². The second-order valence-electron chi connectivity index (χ2n) is 8.30. The Hall–Kier alpha value is 3.52. The van der Waals surface area contributed by atoms with Crippen molar-refractivity contribution >= 4 is 152 Å². The van der Waals surface area contributed by atoms with Crippen molar-refractivity contribution in [2.24, 2.45) is 0 Å². The summed E-state index contributed by atoms with van der Waals surface area (Å²) in [6.45, 7) is 0. The van der Waals surface area contributed by atoms with Crippen molar-refractivity contribution in [1.29, 1.82) is 0 Å². The molecule has 0 saturated heterocycles. The summed E-state index contributed by atoms with van der Waals surface area (Å²) in [5.74, 6) is 6.58. The summed E-state index contributed by atoms with van der Waals surface area (Å²) in [4.78, 5) is 3.62. The Morgan fingerprint density at radius 3 is 0.370 bits per heavy atom. The van der Waals surface area contributed by atoms with E-state index >= 15 is 0 Å². The Morgan fingerprint density at radius 2 is 0.333 bits per heavy atom. The van der Waals surface area contributed by atoms with E-state index in [0.717, 1.165) is 91.3 Å². The zero-order valence-corrected chi connectivity index (χ0v) is 44.6. The molecule has 0 aliphatic rings. The second kappa shape index (κ2) is 77.2. The topological polar surface area (TPSA) is 0 Å². The van der Waals surface area contributed by atoms with E-state index in [4.69, 9.17) is 50.5 Å². The average Bonchev–Trinajstić information content (AvgIpc) is 3.10. The van der Waals surface area contributed by atoms with Gasteiger partial charge in [0.1, 0.15) is 0 Å².